The van der Waals surface area contributed by atoms with Crippen molar-refractivity contribution in [3.63, 3.8) is 0 Å². The highest BCUT2D eigenvalue weighted by atomic mass is 32.1. The van der Waals surface area contributed by atoms with Crippen molar-refractivity contribution in [3.05, 3.63) is 22.8 Å². The smallest absolute Gasteiger partial charge is 0.263 e. The number of rotatable bonds is 3. The van der Waals surface area contributed by atoms with Gasteiger partial charge < -0.3 is 15.0 Å². The molecule has 0 spiro atoms. The van der Waals surface area contributed by atoms with Gasteiger partial charge in [-0.15, -0.1) is 11.3 Å². The zero-order chi connectivity index (χ0) is 16.0. The molecule has 0 radical (unpaired) electrons. The number of nitrogens with one attached hydrogen (secondary N) is 2. The Bertz CT molecular complexity index is 730. The Morgan fingerprint density at radius 3 is 3.09 bits per heavy atom. The van der Waals surface area contributed by atoms with E-state index in [0.717, 1.165) is 21.7 Å². The summed E-state index contributed by atoms with van der Waals surface area (Å²) < 4.78 is 19.5. The maximum atomic E-state index is 14.3. The number of carbonyl (C=O) groups is 1. The number of hydrogen-bond acceptors (Lipinski definition) is 5. The summed E-state index contributed by atoms with van der Waals surface area (Å²) in [6, 6.07) is -0.136. The molecular formula is C15H17FN4O2S. The number of amides is 1. The van der Waals surface area contributed by atoms with Crippen LogP contribution in [0.4, 0.5) is 10.1 Å². The Morgan fingerprint density at radius 2 is 2.35 bits per heavy atom. The van der Waals surface area contributed by atoms with Crippen molar-refractivity contribution in [1.29, 1.82) is 0 Å². The van der Waals surface area contributed by atoms with Crippen LogP contribution in [0.3, 0.4) is 0 Å². The summed E-state index contributed by atoms with van der Waals surface area (Å²) >= 11 is 1.41. The van der Waals surface area contributed by atoms with Crippen molar-refractivity contribution in [2.75, 3.05) is 31.7 Å². The number of carbonyl (C=O) groups excluding carboxylic acids is 1. The van der Waals surface area contributed by atoms with E-state index in [1.54, 1.807) is 19.5 Å². The number of anilines is 1. The van der Waals surface area contributed by atoms with Gasteiger partial charge in [0, 0.05) is 43.3 Å². The maximum absolute atomic E-state index is 14.3. The van der Waals surface area contributed by atoms with E-state index in [2.05, 4.69) is 15.5 Å². The fourth-order valence-corrected chi connectivity index (χ4v) is 4.62. The standard InChI is InChI=1S/C15H17FN4O2S/c1-22-7-10-6-20-5-9(16)2-11-12(20)14(15(21)19-10)23-13(11)8-3-17-18-4-8/h3-4,9-10H,2,5-7H2,1H3,(H,17,18)(H,19,21)/t9-,10-/m1/s1. The first kappa shape index (κ1) is 14.6. The molecule has 0 saturated carbocycles. The number of H-pyrrole nitrogens is 1. The third kappa shape index (κ3) is 2.42. The van der Waals surface area contributed by atoms with Crippen LogP contribution in [0.2, 0.25) is 0 Å². The fourth-order valence-electron chi connectivity index (χ4n) is 3.38. The van der Waals surface area contributed by atoms with Gasteiger partial charge in [0.15, 0.2) is 0 Å². The molecular weight excluding hydrogens is 319 g/mol. The fraction of sp³-hybridized carbons (Fsp3) is 0.467. The summed E-state index contributed by atoms with van der Waals surface area (Å²) in [5.74, 6) is -0.108. The second kappa shape index (κ2) is 5.61. The molecule has 2 N–H and O–H groups in total. The Balaban J connectivity index is 1.83. The lowest BCUT2D eigenvalue weighted by Crippen LogP contribution is -2.46. The van der Waals surface area contributed by atoms with Crippen LogP contribution in [-0.2, 0) is 11.2 Å². The van der Waals surface area contributed by atoms with Gasteiger partial charge in [-0.3, -0.25) is 9.89 Å². The molecule has 2 aliphatic heterocycles. The number of alkyl halides is 1. The summed E-state index contributed by atoms with van der Waals surface area (Å²) in [6.07, 6.45) is 2.89. The first-order valence-electron chi connectivity index (χ1n) is 7.51. The van der Waals surface area contributed by atoms with Gasteiger partial charge in [-0.1, -0.05) is 0 Å². The second-order valence-electron chi connectivity index (χ2n) is 5.91. The molecule has 1 amide bonds. The molecule has 4 heterocycles. The minimum absolute atomic E-state index is 0.108. The zero-order valence-electron chi connectivity index (χ0n) is 12.6. The molecule has 0 saturated heterocycles. The van der Waals surface area contributed by atoms with E-state index >= 15 is 0 Å². The molecule has 2 aliphatic rings. The number of hydrogen-bond donors (Lipinski definition) is 2. The van der Waals surface area contributed by atoms with Crippen LogP contribution in [0.25, 0.3) is 10.4 Å². The van der Waals surface area contributed by atoms with Crippen LogP contribution < -0.4 is 10.2 Å². The van der Waals surface area contributed by atoms with E-state index in [-0.39, 0.29) is 11.9 Å². The third-order valence-electron chi connectivity index (χ3n) is 4.25. The molecule has 4 rings (SSSR count). The van der Waals surface area contributed by atoms with Crippen LogP contribution >= 0.6 is 11.3 Å². The number of aromatic amines is 1. The van der Waals surface area contributed by atoms with Crippen molar-refractivity contribution in [1.82, 2.24) is 15.5 Å². The van der Waals surface area contributed by atoms with Crippen molar-refractivity contribution in [3.8, 4) is 10.4 Å². The molecule has 2 aromatic heterocycles. The van der Waals surface area contributed by atoms with Gasteiger partial charge in [-0.2, -0.15) is 5.10 Å². The summed E-state index contributed by atoms with van der Waals surface area (Å²) in [6.45, 7) is 1.29. The quantitative estimate of drug-likeness (QED) is 0.893. The average molecular weight is 336 g/mol. The number of thiophene rings is 1. The van der Waals surface area contributed by atoms with Crippen LogP contribution in [-0.4, -0.2) is 55.1 Å². The SMILES string of the molecule is COC[C@H]1CN2C[C@H](F)Cc3c(-c4cn[nH]c4)sc(c32)C(=O)N1. The molecule has 23 heavy (non-hydrogen) atoms. The Hall–Kier alpha value is -1.93. The first-order valence-corrected chi connectivity index (χ1v) is 8.32. The summed E-state index contributed by atoms with van der Waals surface area (Å²) in [4.78, 5) is 16.2. The van der Waals surface area contributed by atoms with Crippen molar-refractivity contribution >= 4 is 22.9 Å². The van der Waals surface area contributed by atoms with Crippen molar-refractivity contribution in [2.45, 2.75) is 18.6 Å². The van der Waals surface area contributed by atoms with Gasteiger partial charge in [0.25, 0.3) is 5.91 Å². The number of ether oxygens (including phenoxy) is 1. The zero-order valence-corrected chi connectivity index (χ0v) is 13.5. The minimum Gasteiger partial charge on any atom is -0.382 e. The first-order chi connectivity index (χ1) is 11.2. The lowest BCUT2D eigenvalue weighted by atomic mass is 9.99. The highest BCUT2D eigenvalue weighted by Crippen LogP contribution is 2.45. The van der Waals surface area contributed by atoms with Gasteiger partial charge in [0.05, 0.1) is 24.5 Å². The normalized spacial score (nSPS) is 23.4. The number of nitrogens with zero attached hydrogens (tertiary/aromatic N) is 2. The van der Waals surface area contributed by atoms with E-state index in [0.29, 0.717) is 31.0 Å². The number of aromatic nitrogens is 2. The molecule has 8 heteroatoms. The highest BCUT2D eigenvalue weighted by Gasteiger charge is 2.37. The lowest BCUT2D eigenvalue weighted by Gasteiger charge is -2.32. The third-order valence-corrected chi connectivity index (χ3v) is 5.52. The van der Waals surface area contributed by atoms with E-state index in [1.165, 1.54) is 11.3 Å². The summed E-state index contributed by atoms with van der Waals surface area (Å²) in [5, 5.41) is 9.74. The Labute approximate surface area is 136 Å². The molecule has 0 aromatic carbocycles. The Morgan fingerprint density at radius 1 is 1.48 bits per heavy atom. The molecule has 2 atom stereocenters. The highest BCUT2D eigenvalue weighted by molar-refractivity contribution is 7.18. The molecule has 122 valence electrons. The Kier molecular flexibility index (Phi) is 3.57. The topological polar surface area (TPSA) is 70.2 Å². The van der Waals surface area contributed by atoms with E-state index in [9.17, 15) is 9.18 Å². The predicted octanol–water partition coefficient (Wildman–Crippen LogP) is 1.60. The summed E-state index contributed by atoms with van der Waals surface area (Å²) in [7, 11) is 1.60. The maximum Gasteiger partial charge on any atom is 0.263 e. The monoisotopic (exact) mass is 336 g/mol. The molecule has 0 aliphatic carbocycles. The molecule has 0 unspecified atom stereocenters. The molecule has 0 bridgehead atoms. The van der Waals surface area contributed by atoms with Crippen molar-refractivity contribution in [2.24, 2.45) is 0 Å². The van der Waals surface area contributed by atoms with Gasteiger partial charge in [0.2, 0.25) is 0 Å². The van der Waals surface area contributed by atoms with Crippen LogP contribution in [0.15, 0.2) is 12.4 Å². The number of halogens is 1. The predicted molar refractivity (Wildman–Crippen MR) is 85.8 cm³/mol. The largest absolute Gasteiger partial charge is 0.382 e. The molecule has 0 fully saturated rings. The van der Waals surface area contributed by atoms with Gasteiger partial charge in [-0.25, -0.2) is 4.39 Å². The van der Waals surface area contributed by atoms with Crippen LogP contribution in [0.5, 0.6) is 0 Å². The van der Waals surface area contributed by atoms with Crippen LogP contribution in [0.1, 0.15) is 15.2 Å². The van der Waals surface area contributed by atoms with Gasteiger partial charge >= 0.3 is 0 Å². The second-order valence-corrected chi connectivity index (χ2v) is 6.93. The molecule has 6 nitrogen and oxygen atoms in total. The number of methoxy groups -OCH3 is 1. The van der Waals surface area contributed by atoms with Crippen molar-refractivity contribution < 1.29 is 13.9 Å². The average Bonchev–Trinajstić information content (AvgIpc) is 3.11. The van der Waals surface area contributed by atoms with E-state index in [4.69, 9.17) is 4.74 Å². The van der Waals surface area contributed by atoms with E-state index in [1.807, 2.05) is 4.90 Å². The molecule has 2 aromatic rings. The van der Waals surface area contributed by atoms with Gasteiger partial charge in [0.1, 0.15) is 11.0 Å². The minimum atomic E-state index is -0.938. The van der Waals surface area contributed by atoms with Crippen LogP contribution in [0, 0.1) is 0 Å². The lowest BCUT2D eigenvalue weighted by molar-refractivity contribution is 0.0910. The van der Waals surface area contributed by atoms with Gasteiger partial charge in [-0.05, 0) is 5.56 Å². The summed E-state index contributed by atoms with van der Waals surface area (Å²) in [5.41, 5.74) is 2.70. The van der Waals surface area contributed by atoms with E-state index < -0.39 is 6.17 Å².